The number of carbonyl (C=O) groups excluding carboxylic acids is 1. The fraction of sp³-hybridized carbons (Fsp3) is 0.538. The topological polar surface area (TPSA) is 42.4 Å². The molecular weight excluding hydrogens is 252 g/mol. The maximum Gasteiger partial charge on any atom is 0.323 e. The number of ether oxygens (including phenoxy) is 1. The van der Waals surface area contributed by atoms with Crippen molar-refractivity contribution < 1.29 is 9.53 Å². The fourth-order valence-electron chi connectivity index (χ4n) is 2.36. The highest BCUT2D eigenvalue weighted by atomic mass is 35.5. The van der Waals surface area contributed by atoms with Crippen molar-refractivity contribution in [2.24, 2.45) is 0 Å². The standard InChI is InChI=1S/C13H17ClN2O2/c1-18-13(17)11-4-2-3-7-16(11)9-10-5-6-15-12(14)8-10/h5-6,8,11H,2-4,7,9H2,1H3/t11-/m1/s1. The highest BCUT2D eigenvalue weighted by Gasteiger charge is 2.29. The number of hydrogen-bond acceptors (Lipinski definition) is 4. The molecule has 4 nitrogen and oxygen atoms in total. The number of methoxy groups -OCH3 is 1. The lowest BCUT2D eigenvalue weighted by Gasteiger charge is -2.33. The molecule has 1 saturated heterocycles. The Balaban J connectivity index is 2.07. The van der Waals surface area contributed by atoms with Crippen molar-refractivity contribution in [3.63, 3.8) is 0 Å². The first kappa shape index (κ1) is 13.3. The summed E-state index contributed by atoms with van der Waals surface area (Å²) >= 11 is 5.87. The van der Waals surface area contributed by atoms with E-state index in [9.17, 15) is 4.79 Å². The van der Waals surface area contributed by atoms with Crippen LogP contribution in [0.2, 0.25) is 5.15 Å². The molecule has 1 aliphatic heterocycles. The Morgan fingerprint density at radius 2 is 2.44 bits per heavy atom. The molecule has 18 heavy (non-hydrogen) atoms. The Morgan fingerprint density at radius 1 is 1.61 bits per heavy atom. The van der Waals surface area contributed by atoms with Gasteiger partial charge in [-0.3, -0.25) is 9.69 Å². The molecule has 1 atom stereocenters. The average Bonchev–Trinajstić information content (AvgIpc) is 2.38. The molecule has 0 amide bonds. The van der Waals surface area contributed by atoms with Crippen LogP contribution in [0.15, 0.2) is 18.3 Å². The highest BCUT2D eigenvalue weighted by Crippen LogP contribution is 2.21. The van der Waals surface area contributed by atoms with Gasteiger partial charge in [0.15, 0.2) is 0 Å². The number of rotatable bonds is 3. The van der Waals surface area contributed by atoms with Crippen LogP contribution in [0.25, 0.3) is 0 Å². The van der Waals surface area contributed by atoms with E-state index in [2.05, 4.69) is 9.88 Å². The van der Waals surface area contributed by atoms with Crippen LogP contribution in [0, 0.1) is 0 Å². The van der Waals surface area contributed by atoms with Gasteiger partial charge in [0.25, 0.3) is 0 Å². The van der Waals surface area contributed by atoms with Crippen molar-refractivity contribution in [1.29, 1.82) is 0 Å². The molecule has 1 fully saturated rings. The predicted octanol–water partition coefficient (Wildman–Crippen LogP) is 2.26. The van der Waals surface area contributed by atoms with Crippen molar-refractivity contribution in [3.05, 3.63) is 29.0 Å². The molecule has 0 radical (unpaired) electrons. The zero-order chi connectivity index (χ0) is 13.0. The van der Waals surface area contributed by atoms with E-state index < -0.39 is 0 Å². The first-order valence-corrected chi connectivity index (χ1v) is 6.51. The van der Waals surface area contributed by atoms with E-state index in [1.807, 2.05) is 12.1 Å². The summed E-state index contributed by atoms with van der Waals surface area (Å²) in [6.07, 6.45) is 4.75. The molecular formula is C13H17ClN2O2. The van der Waals surface area contributed by atoms with E-state index in [1.54, 1.807) is 6.20 Å². The monoisotopic (exact) mass is 268 g/mol. The maximum absolute atomic E-state index is 11.7. The number of likely N-dealkylation sites (tertiary alicyclic amines) is 1. The van der Waals surface area contributed by atoms with Crippen LogP contribution in [-0.2, 0) is 16.1 Å². The first-order valence-electron chi connectivity index (χ1n) is 6.13. The minimum atomic E-state index is -0.144. The van der Waals surface area contributed by atoms with E-state index >= 15 is 0 Å². The van der Waals surface area contributed by atoms with Gasteiger partial charge in [0, 0.05) is 12.7 Å². The smallest absolute Gasteiger partial charge is 0.323 e. The second-order valence-corrected chi connectivity index (χ2v) is 4.88. The number of carbonyl (C=O) groups is 1. The van der Waals surface area contributed by atoms with E-state index in [0.717, 1.165) is 31.4 Å². The van der Waals surface area contributed by atoms with Crippen LogP contribution < -0.4 is 0 Å². The third kappa shape index (κ3) is 3.21. The molecule has 0 bridgehead atoms. The number of pyridine rings is 1. The van der Waals surface area contributed by atoms with Crippen molar-refractivity contribution >= 4 is 17.6 Å². The van der Waals surface area contributed by atoms with E-state index in [4.69, 9.17) is 16.3 Å². The molecule has 98 valence electrons. The number of hydrogen-bond donors (Lipinski definition) is 0. The summed E-state index contributed by atoms with van der Waals surface area (Å²) in [6.45, 7) is 1.63. The summed E-state index contributed by atoms with van der Waals surface area (Å²) in [5, 5.41) is 0.485. The highest BCUT2D eigenvalue weighted by molar-refractivity contribution is 6.29. The SMILES string of the molecule is COC(=O)[C@H]1CCCCN1Cc1ccnc(Cl)c1. The van der Waals surface area contributed by atoms with Crippen LogP contribution >= 0.6 is 11.6 Å². The second-order valence-electron chi connectivity index (χ2n) is 4.49. The fourth-order valence-corrected chi connectivity index (χ4v) is 2.56. The Kier molecular flexibility index (Phi) is 4.55. The minimum Gasteiger partial charge on any atom is -0.468 e. The van der Waals surface area contributed by atoms with Gasteiger partial charge in [0.1, 0.15) is 11.2 Å². The minimum absolute atomic E-state index is 0.129. The normalized spacial score (nSPS) is 20.7. The predicted molar refractivity (Wildman–Crippen MR) is 69.3 cm³/mol. The summed E-state index contributed by atoms with van der Waals surface area (Å²) < 4.78 is 4.86. The van der Waals surface area contributed by atoms with Gasteiger partial charge in [0.2, 0.25) is 0 Å². The van der Waals surface area contributed by atoms with Gasteiger partial charge in [-0.15, -0.1) is 0 Å². The summed E-state index contributed by atoms with van der Waals surface area (Å²) in [5.74, 6) is -0.144. The number of piperidine rings is 1. The third-order valence-corrected chi connectivity index (χ3v) is 3.47. The molecule has 1 aromatic rings. The third-order valence-electron chi connectivity index (χ3n) is 3.26. The summed E-state index contributed by atoms with van der Waals surface area (Å²) in [5.41, 5.74) is 1.07. The molecule has 1 aromatic heterocycles. The molecule has 0 spiro atoms. The van der Waals surface area contributed by atoms with Crippen LogP contribution in [0.4, 0.5) is 0 Å². The number of halogens is 1. The maximum atomic E-state index is 11.7. The lowest BCUT2D eigenvalue weighted by molar-refractivity contribution is -0.148. The van der Waals surface area contributed by atoms with Gasteiger partial charge in [-0.05, 0) is 37.1 Å². The molecule has 2 rings (SSSR count). The Labute approximate surface area is 112 Å². The molecule has 0 aliphatic carbocycles. The molecule has 2 heterocycles. The molecule has 5 heteroatoms. The molecule has 0 aromatic carbocycles. The number of nitrogens with zero attached hydrogens (tertiary/aromatic N) is 2. The number of esters is 1. The van der Waals surface area contributed by atoms with Crippen molar-refractivity contribution in [1.82, 2.24) is 9.88 Å². The summed E-state index contributed by atoms with van der Waals surface area (Å²) in [7, 11) is 1.44. The summed E-state index contributed by atoms with van der Waals surface area (Å²) in [6, 6.07) is 3.63. The van der Waals surface area contributed by atoms with Gasteiger partial charge in [-0.2, -0.15) is 0 Å². The van der Waals surface area contributed by atoms with Gasteiger partial charge in [-0.25, -0.2) is 4.98 Å². The zero-order valence-electron chi connectivity index (χ0n) is 10.4. The zero-order valence-corrected chi connectivity index (χ0v) is 11.2. The Bertz CT molecular complexity index is 425. The van der Waals surface area contributed by atoms with Gasteiger partial charge >= 0.3 is 5.97 Å². The molecule has 0 saturated carbocycles. The van der Waals surface area contributed by atoms with Crippen molar-refractivity contribution in [3.8, 4) is 0 Å². The van der Waals surface area contributed by atoms with Crippen molar-refractivity contribution in [2.45, 2.75) is 31.8 Å². The average molecular weight is 269 g/mol. The molecule has 0 unspecified atom stereocenters. The molecule has 1 aliphatic rings. The Hall–Kier alpha value is -1.13. The first-order chi connectivity index (χ1) is 8.70. The van der Waals surface area contributed by atoms with Crippen LogP contribution in [-0.4, -0.2) is 35.5 Å². The molecule has 0 N–H and O–H groups in total. The van der Waals surface area contributed by atoms with E-state index in [-0.39, 0.29) is 12.0 Å². The van der Waals surface area contributed by atoms with Crippen molar-refractivity contribution in [2.75, 3.05) is 13.7 Å². The van der Waals surface area contributed by atoms with Gasteiger partial charge < -0.3 is 4.74 Å². The second kappa shape index (κ2) is 6.16. The van der Waals surface area contributed by atoms with Gasteiger partial charge in [0.05, 0.1) is 7.11 Å². The van der Waals surface area contributed by atoms with Crippen LogP contribution in [0.5, 0.6) is 0 Å². The van der Waals surface area contributed by atoms with E-state index in [0.29, 0.717) is 11.7 Å². The van der Waals surface area contributed by atoms with Crippen LogP contribution in [0.3, 0.4) is 0 Å². The lowest BCUT2D eigenvalue weighted by atomic mass is 10.0. The summed E-state index contributed by atoms with van der Waals surface area (Å²) in [4.78, 5) is 17.8. The lowest BCUT2D eigenvalue weighted by Crippen LogP contribution is -2.44. The Morgan fingerprint density at radius 3 is 3.17 bits per heavy atom. The quantitative estimate of drug-likeness (QED) is 0.623. The number of aromatic nitrogens is 1. The van der Waals surface area contributed by atoms with Crippen LogP contribution in [0.1, 0.15) is 24.8 Å². The van der Waals surface area contributed by atoms with Gasteiger partial charge in [-0.1, -0.05) is 18.0 Å². The largest absolute Gasteiger partial charge is 0.468 e. The van der Waals surface area contributed by atoms with E-state index in [1.165, 1.54) is 7.11 Å².